The minimum absolute atomic E-state index is 0.132. The van der Waals surface area contributed by atoms with Gasteiger partial charge in [0.05, 0.1) is 25.0 Å². The summed E-state index contributed by atoms with van der Waals surface area (Å²) in [5.41, 5.74) is 6.92. The fraction of sp³-hybridized carbons (Fsp3) is 0.429. The maximum absolute atomic E-state index is 13.4. The number of aliphatic hydroxyl groups excluding tert-OH is 1. The van der Waals surface area contributed by atoms with E-state index in [1.807, 2.05) is 30.3 Å². The number of aromatic nitrogens is 4. The molecule has 0 aliphatic carbocycles. The van der Waals surface area contributed by atoms with Gasteiger partial charge in [0.25, 0.3) is 7.52 Å². The molecule has 184 valence electrons. The van der Waals surface area contributed by atoms with Gasteiger partial charge in [0, 0.05) is 13.1 Å². The second-order valence-electron chi connectivity index (χ2n) is 8.12. The van der Waals surface area contributed by atoms with Crippen molar-refractivity contribution >= 4 is 41.4 Å². The number of carbonyl (C=O) groups excluding carboxylic acids is 1. The Balaban J connectivity index is 1.57. The summed E-state index contributed by atoms with van der Waals surface area (Å²) in [6.45, 7) is 3.92. The molecule has 1 aromatic carbocycles. The van der Waals surface area contributed by atoms with Gasteiger partial charge in [0.1, 0.15) is 24.1 Å². The molecule has 0 bridgehead atoms. The largest absolute Gasteiger partial charge is 0.395 e. The normalized spacial score (nSPS) is 13.7. The predicted molar refractivity (Wildman–Crippen MR) is 131 cm³/mol. The summed E-state index contributed by atoms with van der Waals surface area (Å²) in [4.78, 5) is 24.5. The van der Waals surface area contributed by atoms with Gasteiger partial charge in [-0.3, -0.25) is 9.36 Å². The average Bonchev–Trinajstić information content (AvgIpc) is 3.25. The van der Waals surface area contributed by atoms with Crippen LogP contribution in [-0.4, -0.2) is 55.2 Å². The lowest BCUT2D eigenvalue weighted by Gasteiger charge is -2.22. The first-order chi connectivity index (χ1) is 16.2. The standard InChI is InChI=1S/C21H29N6O5PS/c1-21(2,11-28)20(29)34-15-32-33(30,26-10-16-6-4-3-5-7-16)14-31-9-8-27-13-25-17-18(22)23-12-24-19(17)27/h3-7,12-13,28H,8-11,14-15H2,1-2H3,(H,26,30)(H2,22,23,24). The molecule has 0 aliphatic rings. The van der Waals surface area contributed by atoms with Crippen LogP contribution in [0.5, 0.6) is 0 Å². The Morgan fingerprint density at radius 2 is 2.03 bits per heavy atom. The third-order valence-electron chi connectivity index (χ3n) is 4.93. The van der Waals surface area contributed by atoms with Crippen molar-refractivity contribution in [2.24, 2.45) is 5.41 Å². The molecule has 0 saturated carbocycles. The Kier molecular flexibility index (Phi) is 9.17. The van der Waals surface area contributed by atoms with E-state index in [2.05, 4.69) is 20.0 Å². The number of thioether (sulfide) groups is 1. The highest BCUT2D eigenvalue weighted by Crippen LogP contribution is 2.44. The number of anilines is 1. The van der Waals surface area contributed by atoms with Crippen molar-refractivity contribution in [2.75, 3.05) is 31.2 Å². The molecule has 0 aliphatic heterocycles. The summed E-state index contributed by atoms with van der Waals surface area (Å²) < 4.78 is 26.5. The van der Waals surface area contributed by atoms with E-state index in [0.29, 0.717) is 30.1 Å². The number of hydrogen-bond acceptors (Lipinski definition) is 10. The second-order valence-corrected chi connectivity index (χ2v) is 11.2. The van der Waals surface area contributed by atoms with E-state index in [0.717, 1.165) is 17.3 Å². The number of hydrogen-bond donors (Lipinski definition) is 3. The maximum Gasteiger partial charge on any atom is 0.296 e. The summed E-state index contributed by atoms with van der Waals surface area (Å²) >= 11 is 0.869. The first-order valence-corrected chi connectivity index (χ1v) is 13.3. The number of aliphatic hydroxyl groups is 1. The number of nitrogens with zero attached hydrogens (tertiary/aromatic N) is 4. The number of fused-ring (bicyclic) bond motifs is 1. The summed E-state index contributed by atoms with van der Waals surface area (Å²) in [5, 5.41) is 12.0. The molecule has 3 rings (SSSR count). The van der Waals surface area contributed by atoms with Crippen LogP contribution in [0, 0.1) is 5.41 Å². The lowest BCUT2D eigenvalue weighted by molar-refractivity contribution is -0.119. The van der Waals surface area contributed by atoms with Crippen molar-refractivity contribution in [3.05, 3.63) is 48.5 Å². The van der Waals surface area contributed by atoms with E-state index in [4.69, 9.17) is 15.0 Å². The van der Waals surface area contributed by atoms with E-state index in [-0.39, 0.29) is 30.6 Å². The van der Waals surface area contributed by atoms with Gasteiger partial charge in [-0.25, -0.2) is 20.0 Å². The van der Waals surface area contributed by atoms with E-state index in [1.54, 1.807) is 24.7 Å². The van der Waals surface area contributed by atoms with Gasteiger partial charge in [-0.05, 0) is 19.4 Å². The third kappa shape index (κ3) is 7.08. The number of nitrogens with one attached hydrogen (secondary N) is 1. The quantitative estimate of drug-likeness (QED) is 0.177. The number of nitrogens with two attached hydrogens (primary N) is 1. The van der Waals surface area contributed by atoms with Crippen molar-refractivity contribution in [3.63, 3.8) is 0 Å². The first kappa shape index (κ1) is 26.3. The minimum Gasteiger partial charge on any atom is -0.395 e. The van der Waals surface area contributed by atoms with Gasteiger partial charge in [0.15, 0.2) is 16.6 Å². The highest BCUT2D eigenvalue weighted by molar-refractivity contribution is 8.13. The maximum atomic E-state index is 13.4. The fourth-order valence-corrected chi connectivity index (χ4v) is 5.28. The summed E-state index contributed by atoms with van der Waals surface area (Å²) in [5.74, 6) is 0.164. The van der Waals surface area contributed by atoms with Gasteiger partial charge in [0.2, 0.25) is 0 Å². The Hall–Kier alpha value is -2.34. The van der Waals surface area contributed by atoms with Crippen molar-refractivity contribution in [1.82, 2.24) is 24.6 Å². The highest BCUT2D eigenvalue weighted by Gasteiger charge is 2.29. The average molecular weight is 509 g/mol. The molecule has 4 N–H and O–H groups in total. The van der Waals surface area contributed by atoms with Gasteiger partial charge in [-0.1, -0.05) is 42.1 Å². The van der Waals surface area contributed by atoms with Crippen LogP contribution in [0.3, 0.4) is 0 Å². The van der Waals surface area contributed by atoms with Crippen LogP contribution in [0.25, 0.3) is 11.2 Å². The molecule has 0 radical (unpaired) electrons. The lowest BCUT2D eigenvalue weighted by Crippen LogP contribution is -2.26. The molecule has 2 aromatic heterocycles. The Morgan fingerprint density at radius 3 is 2.76 bits per heavy atom. The predicted octanol–water partition coefficient (Wildman–Crippen LogP) is 2.62. The number of imidazole rings is 1. The van der Waals surface area contributed by atoms with Crippen LogP contribution in [0.4, 0.5) is 5.82 Å². The third-order valence-corrected chi connectivity index (χ3v) is 7.87. The molecule has 2 heterocycles. The van der Waals surface area contributed by atoms with E-state index in [9.17, 15) is 14.5 Å². The second kappa shape index (κ2) is 11.9. The number of ether oxygens (including phenoxy) is 1. The van der Waals surface area contributed by atoms with Crippen molar-refractivity contribution in [1.29, 1.82) is 0 Å². The molecule has 1 unspecified atom stereocenters. The van der Waals surface area contributed by atoms with Crippen LogP contribution >= 0.6 is 19.3 Å². The zero-order valence-electron chi connectivity index (χ0n) is 19.1. The number of carbonyl (C=O) groups is 1. The van der Waals surface area contributed by atoms with Crippen LogP contribution in [0.15, 0.2) is 43.0 Å². The summed E-state index contributed by atoms with van der Waals surface area (Å²) in [6.07, 6.45) is 2.76. The molecule has 0 spiro atoms. The molecule has 0 saturated heterocycles. The Bertz CT molecular complexity index is 1140. The number of rotatable bonds is 13. The smallest absolute Gasteiger partial charge is 0.296 e. The van der Waals surface area contributed by atoms with Crippen molar-refractivity contribution < 1.29 is 23.7 Å². The van der Waals surface area contributed by atoms with Gasteiger partial charge in [-0.15, -0.1) is 0 Å². The van der Waals surface area contributed by atoms with Crippen LogP contribution in [0.2, 0.25) is 0 Å². The van der Waals surface area contributed by atoms with E-state index >= 15 is 0 Å². The van der Waals surface area contributed by atoms with Crippen LogP contribution in [0.1, 0.15) is 19.4 Å². The lowest BCUT2D eigenvalue weighted by atomic mass is 9.97. The topological polar surface area (TPSA) is 154 Å². The minimum atomic E-state index is -3.44. The molecule has 3 aromatic rings. The van der Waals surface area contributed by atoms with Crippen LogP contribution < -0.4 is 10.8 Å². The SMILES string of the molecule is CC(C)(CO)C(=O)SCOP(=O)(COCCn1cnc2c(N)ncnc21)NCc1ccccc1. The fourth-order valence-electron chi connectivity index (χ4n) is 2.77. The van der Waals surface area contributed by atoms with E-state index in [1.165, 1.54) is 6.33 Å². The zero-order chi connectivity index (χ0) is 24.6. The van der Waals surface area contributed by atoms with Crippen molar-refractivity contribution in [3.8, 4) is 0 Å². The van der Waals surface area contributed by atoms with Gasteiger partial charge in [-0.2, -0.15) is 0 Å². The molecule has 13 heteroatoms. The monoisotopic (exact) mass is 508 g/mol. The molecule has 1 atom stereocenters. The molecular formula is C21H29N6O5PS. The number of benzene rings is 1. The molecule has 0 fully saturated rings. The summed E-state index contributed by atoms with van der Waals surface area (Å²) in [6, 6.07) is 9.47. The van der Waals surface area contributed by atoms with Gasteiger partial charge >= 0.3 is 0 Å². The van der Waals surface area contributed by atoms with Gasteiger partial charge < -0.3 is 24.7 Å². The van der Waals surface area contributed by atoms with E-state index < -0.39 is 12.9 Å². The van der Waals surface area contributed by atoms with Crippen molar-refractivity contribution in [2.45, 2.75) is 26.9 Å². The molecule has 11 nitrogen and oxygen atoms in total. The Labute approximate surface area is 202 Å². The highest BCUT2D eigenvalue weighted by atomic mass is 32.2. The molecular weight excluding hydrogens is 479 g/mol. The summed E-state index contributed by atoms with van der Waals surface area (Å²) in [7, 11) is -3.44. The number of nitrogen functional groups attached to an aromatic ring is 1. The Morgan fingerprint density at radius 1 is 1.26 bits per heavy atom. The zero-order valence-corrected chi connectivity index (χ0v) is 20.8. The molecule has 34 heavy (non-hydrogen) atoms. The molecule has 0 amide bonds. The first-order valence-electron chi connectivity index (χ1n) is 10.5. The van der Waals surface area contributed by atoms with Crippen LogP contribution in [-0.2, 0) is 31.7 Å².